The molecule has 2 heterocycles. The number of quaternary nitrogens is 1. The Hall–Kier alpha value is -1.64. The van der Waals surface area contributed by atoms with E-state index in [4.69, 9.17) is 14.2 Å². The molecule has 2 aromatic rings. The molecule has 2 unspecified atom stereocenters. The molecule has 1 saturated heterocycles. The van der Waals surface area contributed by atoms with E-state index in [9.17, 15) is 4.79 Å². The first-order chi connectivity index (χ1) is 17.5. The second-order valence-electron chi connectivity index (χ2n) is 12.2. The molecule has 6 heteroatoms. The average molecular weight is 616 g/mol. The lowest BCUT2D eigenvalue weighted by Gasteiger charge is -2.66. The molecule has 5 aliphatic rings. The highest BCUT2D eigenvalue weighted by atomic mass is 127. The highest BCUT2D eigenvalue weighted by molar-refractivity contribution is 5.90. The number of Topliss-reactive ketones (excluding diaryl/α,β-unsaturated/α-hetero) is 1. The Kier molecular flexibility index (Phi) is 6.39. The maximum atomic E-state index is 13.5. The van der Waals surface area contributed by atoms with Crippen LogP contribution in [0.2, 0.25) is 0 Å². The standard InChI is InChI=1S/C31H38NO4.HI/c1-32(20-22-10-11-22)17-16-30-27-23-12-13-25(34-2)28(27)36-29(30)24(33)14-15-31(30,26(32)19-23)35-18-6-9-21-7-4-3-5-8-21;/h3-5,7-8,12-13,22,26,29H,6,9-11,14-20H2,1-2H3;1H/q+1;/p-1/t26?,29?,30-,31+,32+;/m0./s1. The number of likely N-dealkylation sites (N-methyl/N-ethyl adjacent to an activating group) is 1. The first-order valence-corrected chi connectivity index (χ1v) is 13.9. The van der Waals surface area contributed by atoms with Crippen molar-refractivity contribution in [2.75, 3.05) is 33.9 Å². The van der Waals surface area contributed by atoms with E-state index in [1.807, 2.05) is 6.07 Å². The van der Waals surface area contributed by atoms with Crippen molar-refractivity contribution >= 4 is 5.78 Å². The van der Waals surface area contributed by atoms with Crippen LogP contribution in [0.15, 0.2) is 42.5 Å². The van der Waals surface area contributed by atoms with Gasteiger partial charge in [-0.15, -0.1) is 0 Å². The molecular formula is C31H38INO4. The van der Waals surface area contributed by atoms with Crippen LogP contribution in [0.5, 0.6) is 11.5 Å². The summed E-state index contributed by atoms with van der Waals surface area (Å²) in [4.78, 5) is 13.5. The van der Waals surface area contributed by atoms with Crippen molar-refractivity contribution in [3.05, 3.63) is 59.2 Å². The SMILES string of the molecule is COc1ccc2c3c1OC1C(=O)CC[C@@]4(OCCCc5ccccc5)C(C2)[N@@+](C)(CC2CC2)CC[C@]314.[I-]. The minimum atomic E-state index is -0.456. The van der Waals surface area contributed by atoms with Crippen molar-refractivity contribution in [2.24, 2.45) is 5.92 Å². The molecule has 2 saturated carbocycles. The third-order valence-corrected chi connectivity index (χ3v) is 10.3. The molecule has 0 amide bonds. The summed E-state index contributed by atoms with van der Waals surface area (Å²) in [6.07, 6.45) is 7.53. The predicted octanol–water partition coefficient (Wildman–Crippen LogP) is 1.63. The summed E-state index contributed by atoms with van der Waals surface area (Å²) in [5, 5.41) is 0. The van der Waals surface area contributed by atoms with Gasteiger partial charge in [0.2, 0.25) is 0 Å². The lowest BCUT2D eigenvalue weighted by Crippen LogP contribution is -3.00. The number of aryl methyl sites for hydroxylation is 1. The Labute approximate surface area is 237 Å². The number of carbonyl (C=O) groups excluding carboxylic acids is 1. The minimum absolute atomic E-state index is 0. The van der Waals surface area contributed by atoms with Crippen LogP contribution in [0.4, 0.5) is 0 Å². The number of ketones is 1. The molecule has 1 spiro atoms. The van der Waals surface area contributed by atoms with Gasteiger partial charge in [-0.1, -0.05) is 36.4 Å². The highest BCUT2D eigenvalue weighted by Gasteiger charge is 2.77. The summed E-state index contributed by atoms with van der Waals surface area (Å²) in [5.41, 5.74) is 3.15. The van der Waals surface area contributed by atoms with Gasteiger partial charge in [-0.3, -0.25) is 4.79 Å². The Balaban J connectivity index is 0.00000252. The molecular weight excluding hydrogens is 577 g/mol. The summed E-state index contributed by atoms with van der Waals surface area (Å²) in [6.45, 7) is 3.03. The largest absolute Gasteiger partial charge is 1.00 e. The number of piperidine rings is 1. The summed E-state index contributed by atoms with van der Waals surface area (Å²) in [5.74, 6) is 2.64. The van der Waals surface area contributed by atoms with E-state index in [0.29, 0.717) is 19.1 Å². The molecule has 0 radical (unpaired) electrons. The smallest absolute Gasteiger partial charge is 0.174 e. The zero-order valence-corrected chi connectivity index (χ0v) is 24.2. The molecule has 198 valence electrons. The van der Waals surface area contributed by atoms with Gasteiger partial charge in [0.25, 0.3) is 0 Å². The summed E-state index contributed by atoms with van der Waals surface area (Å²) in [7, 11) is 4.17. The van der Waals surface area contributed by atoms with E-state index in [2.05, 4.69) is 43.4 Å². The van der Waals surface area contributed by atoms with Gasteiger partial charge < -0.3 is 42.7 Å². The lowest BCUT2D eigenvalue weighted by atomic mass is 9.48. The fourth-order valence-corrected chi connectivity index (χ4v) is 8.53. The molecule has 3 aliphatic carbocycles. The number of benzene rings is 2. The van der Waals surface area contributed by atoms with E-state index >= 15 is 0 Å². The molecule has 3 fully saturated rings. The summed E-state index contributed by atoms with van der Waals surface area (Å²) in [6, 6.07) is 15.3. The van der Waals surface area contributed by atoms with Gasteiger partial charge in [0.1, 0.15) is 11.6 Å². The molecule has 0 N–H and O–H groups in total. The van der Waals surface area contributed by atoms with Crippen molar-refractivity contribution in [1.29, 1.82) is 0 Å². The number of methoxy groups -OCH3 is 1. The Morgan fingerprint density at radius 1 is 1.11 bits per heavy atom. The number of hydrogen-bond donors (Lipinski definition) is 0. The van der Waals surface area contributed by atoms with E-state index < -0.39 is 11.5 Å². The van der Waals surface area contributed by atoms with Crippen molar-refractivity contribution < 1.29 is 47.5 Å². The average Bonchev–Trinajstić information content (AvgIpc) is 3.63. The number of halogens is 1. The van der Waals surface area contributed by atoms with Crippen molar-refractivity contribution in [1.82, 2.24) is 0 Å². The molecule has 2 bridgehead atoms. The van der Waals surface area contributed by atoms with Gasteiger partial charge in [-0.2, -0.15) is 0 Å². The second-order valence-corrected chi connectivity index (χ2v) is 12.2. The number of rotatable bonds is 8. The highest BCUT2D eigenvalue weighted by Crippen LogP contribution is 2.67. The quantitative estimate of drug-likeness (QED) is 0.258. The van der Waals surface area contributed by atoms with Gasteiger partial charge in [0.05, 0.1) is 32.7 Å². The van der Waals surface area contributed by atoms with E-state index in [-0.39, 0.29) is 35.4 Å². The Morgan fingerprint density at radius 3 is 2.68 bits per heavy atom. The molecule has 5 atom stereocenters. The van der Waals surface area contributed by atoms with Crippen LogP contribution >= 0.6 is 0 Å². The number of nitrogens with zero attached hydrogens (tertiary/aromatic N) is 1. The normalized spacial score (nSPS) is 34.8. The van der Waals surface area contributed by atoms with Crippen LogP contribution in [0.1, 0.15) is 55.2 Å². The Bertz CT molecular complexity index is 1200. The zero-order valence-electron chi connectivity index (χ0n) is 22.0. The predicted molar refractivity (Wildman–Crippen MR) is 138 cm³/mol. The second kappa shape index (κ2) is 9.23. The monoisotopic (exact) mass is 615 g/mol. The number of ether oxygens (including phenoxy) is 3. The molecule has 7 rings (SSSR count). The molecule has 2 aromatic carbocycles. The van der Waals surface area contributed by atoms with Gasteiger partial charge in [0, 0.05) is 37.4 Å². The van der Waals surface area contributed by atoms with E-state index in [1.54, 1.807) is 7.11 Å². The maximum absolute atomic E-state index is 13.5. The molecule has 5 nitrogen and oxygen atoms in total. The summed E-state index contributed by atoms with van der Waals surface area (Å²) < 4.78 is 20.7. The fraction of sp³-hybridized carbons (Fsp3) is 0.581. The van der Waals surface area contributed by atoms with Crippen LogP contribution in [-0.2, 0) is 27.8 Å². The topological polar surface area (TPSA) is 44.8 Å². The third kappa shape index (κ3) is 3.64. The first-order valence-electron chi connectivity index (χ1n) is 13.9. The van der Waals surface area contributed by atoms with Crippen molar-refractivity contribution in [3.63, 3.8) is 0 Å². The van der Waals surface area contributed by atoms with Crippen LogP contribution in [-0.4, -0.2) is 61.9 Å². The number of hydrogen-bond acceptors (Lipinski definition) is 4. The third-order valence-electron chi connectivity index (χ3n) is 10.3. The van der Waals surface area contributed by atoms with Gasteiger partial charge in [-0.25, -0.2) is 0 Å². The van der Waals surface area contributed by atoms with Gasteiger partial charge >= 0.3 is 0 Å². The first kappa shape index (κ1) is 25.6. The summed E-state index contributed by atoms with van der Waals surface area (Å²) >= 11 is 0. The lowest BCUT2D eigenvalue weighted by molar-refractivity contribution is -0.950. The van der Waals surface area contributed by atoms with Crippen molar-refractivity contribution in [3.8, 4) is 11.5 Å². The Morgan fingerprint density at radius 2 is 1.92 bits per heavy atom. The van der Waals surface area contributed by atoms with Gasteiger partial charge in [0.15, 0.2) is 23.4 Å². The molecule has 37 heavy (non-hydrogen) atoms. The molecule has 0 aromatic heterocycles. The van der Waals surface area contributed by atoms with Crippen LogP contribution in [0, 0.1) is 5.92 Å². The zero-order chi connectivity index (χ0) is 24.5. The fourth-order valence-electron chi connectivity index (χ4n) is 8.53. The van der Waals surface area contributed by atoms with E-state index in [0.717, 1.165) is 60.5 Å². The minimum Gasteiger partial charge on any atom is -1.00 e. The number of carbonyl (C=O) groups is 1. The molecule has 2 aliphatic heterocycles. The van der Waals surface area contributed by atoms with Gasteiger partial charge in [-0.05, 0) is 49.3 Å². The van der Waals surface area contributed by atoms with Crippen LogP contribution in [0.3, 0.4) is 0 Å². The van der Waals surface area contributed by atoms with E-state index in [1.165, 1.54) is 36.1 Å². The van der Waals surface area contributed by atoms with Crippen molar-refractivity contribution in [2.45, 2.75) is 74.5 Å². The maximum Gasteiger partial charge on any atom is 0.174 e. The van der Waals surface area contributed by atoms with Crippen LogP contribution in [0.25, 0.3) is 0 Å². The van der Waals surface area contributed by atoms with Crippen LogP contribution < -0.4 is 33.5 Å². The number of likely N-dealkylation sites (tertiary alicyclic amines) is 1.